The van der Waals surface area contributed by atoms with Crippen LogP contribution in [-0.2, 0) is 11.3 Å². The molecule has 7 nitrogen and oxygen atoms in total. The lowest BCUT2D eigenvalue weighted by atomic mass is 9.97. The minimum atomic E-state index is -0.531. The summed E-state index contributed by atoms with van der Waals surface area (Å²) in [7, 11) is 4.28. The molecule has 7 heteroatoms. The fourth-order valence-corrected chi connectivity index (χ4v) is 3.79. The van der Waals surface area contributed by atoms with Crippen LogP contribution in [0.1, 0.15) is 32.3 Å². The Hall–Kier alpha value is -2.38. The van der Waals surface area contributed by atoms with Crippen molar-refractivity contribution in [2.45, 2.75) is 45.3 Å². The van der Waals surface area contributed by atoms with E-state index in [2.05, 4.69) is 36.1 Å². The average Bonchev–Trinajstić information content (AvgIpc) is 2.63. The number of carbonyl (C=O) groups is 1. The van der Waals surface area contributed by atoms with E-state index in [4.69, 9.17) is 9.15 Å². The van der Waals surface area contributed by atoms with Crippen LogP contribution in [0.5, 0.6) is 0 Å². The zero-order valence-corrected chi connectivity index (χ0v) is 17.0. The molecule has 0 aliphatic carbocycles. The molecule has 0 radical (unpaired) electrons. The Balaban J connectivity index is 1.81. The van der Waals surface area contributed by atoms with E-state index in [1.807, 2.05) is 6.07 Å². The van der Waals surface area contributed by atoms with Crippen LogP contribution in [0.4, 0.5) is 10.5 Å². The Labute approximate surface area is 165 Å². The van der Waals surface area contributed by atoms with Crippen molar-refractivity contribution in [2.24, 2.45) is 0 Å². The van der Waals surface area contributed by atoms with Crippen molar-refractivity contribution in [3.63, 3.8) is 0 Å². The monoisotopic (exact) mass is 387 g/mol. The van der Waals surface area contributed by atoms with Gasteiger partial charge in [0.2, 0.25) is 0 Å². The summed E-state index contributed by atoms with van der Waals surface area (Å²) in [5, 5.41) is 3.51. The molecule has 1 aliphatic heterocycles. The van der Waals surface area contributed by atoms with Crippen LogP contribution < -0.4 is 10.9 Å². The first-order valence-electron chi connectivity index (χ1n) is 9.78. The molecule has 1 aromatic carbocycles. The van der Waals surface area contributed by atoms with E-state index >= 15 is 0 Å². The third kappa shape index (κ3) is 4.72. The molecule has 152 valence electrons. The summed E-state index contributed by atoms with van der Waals surface area (Å²) >= 11 is 0. The van der Waals surface area contributed by atoms with E-state index in [9.17, 15) is 9.59 Å². The van der Waals surface area contributed by atoms with E-state index in [0.29, 0.717) is 36.5 Å². The highest BCUT2D eigenvalue weighted by Gasteiger charge is 2.26. The Morgan fingerprint density at radius 1 is 1.39 bits per heavy atom. The Bertz CT molecular complexity index is 895. The summed E-state index contributed by atoms with van der Waals surface area (Å²) in [6, 6.07) is 7.93. The van der Waals surface area contributed by atoms with Crippen molar-refractivity contribution in [3.05, 3.63) is 40.2 Å². The fourth-order valence-electron chi connectivity index (χ4n) is 3.79. The normalized spacial score (nSPS) is 20.5. The van der Waals surface area contributed by atoms with Crippen LogP contribution in [0.3, 0.4) is 0 Å². The van der Waals surface area contributed by atoms with Gasteiger partial charge in [0, 0.05) is 41.8 Å². The van der Waals surface area contributed by atoms with Gasteiger partial charge in [-0.05, 0) is 65.0 Å². The molecule has 2 aromatic rings. The van der Waals surface area contributed by atoms with E-state index in [1.54, 1.807) is 25.1 Å². The van der Waals surface area contributed by atoms with Crippen LogP contribution in [0, 0.1) is 0 Å². The quantitative estimate of drug-likeness (QED) is 0.794. The molecular weight excluding hydrogens is 358 g/mol. The van der Waals surface area contributed by atoms with Gasteiger partial charge in [0.25, 0.3) is 0 Å². The second-order valence-electron chi connectivity index (χ2n) is 7.57. The Morgan fingerprint density at radius 3 is 2.89 bits per heavy atom. The number of anilines is 1. The zero-order valence-electron chi connectivity index (χ0n) is 17.0. The largest absolute Gasteiger partial charge is 0.450 e. The number of rotatable bonds is 5. The number of nitrogens with zero attached hydrogens (tertiary/aromatic N) is 2. The zero-order chi connectivity index (χ0) is 20.3. The smallest absolute Gasteiger partial charge is 0.411 e. The Morgan fingerprint density at radius 2 is 2.18 bits per heavy atom. The average molecular weight is 387 g/mol. The summed E-state index contributed by atoms with van der Waals surface area (Å²) in [5.74, 6) is 0. The first-order chi connectivity index (χ1) is 13.4. The molecule has 0 spiro atoms. The van der Waals surface area contributed by atoms with Gasteiger partial charge in [0.1, 0.15) is 5.58 Å². The van der Waals surface area contributed by atoms with Gasteiger partial charge in [0.15, 0.2) is 0 Å². The number of carbonyl (C=O) groups excluding carboxylic acids is 1. The molecule has 28 heavy (non-hydrogen) atoms. The van der Waals surface area contributed by atoms with Crippen LogP contribution >= 0.6 is 0 Å². The van der Waals surface area contributed by atoms with E-state index in [1.165, 1.54) is 0 Å². The standard InChI is InChI=1S/C21H29N3O4/c1-5-27-21(26)22-16-6-7-18-15(11-20(25)28-19(18)12-16)13-24(4)17-8-9-23(3)14(2)10-17/h6-7,11-12,14,17H,5,8-10,13H2,1-4H3,(H,22,26). The van der Waals surface area contributed by atoms with Gasteiger partial charge in [-0.2, -0.15) is 0 Å². The predicted molar refractivity (Wildman–Crippen MR) is 110 cm³/mol. The lowest BCUT2D eigenvalue weighted by molar-refractivity contribution is 0.101. The van der Waals surface area contributed by atoms with Crippen LogP contribution in [0.15, 0.2) is 33.5 Å². The van der Waals surface area contributed by atoms with Crippen molar-refractivity contribution in [1.82, 2.24) is 9.80 Å². The highest BCUT2D eigenvalue weighted by atomic mass is 16.5. The second-order valence-corrected chi connectivity index (χ2v) is 7.57. The number of ether oxygens (including phenoxy) is 1. The van der Waals surface area contributed by atoms with Gasteiger partial charge in [-0.1, -0.05) is 0 Å². The van der Waals surface area contributed by atoms with Crippen molar-refractivity contribution in [1.29, 1.82) is 0 Å². The molecular formula is C21H29N3O4. The van der Waals surface area contributed by atoms with E-state index < -0.39 is 6.09 Å². The van der Waals surface area contributed by atoms with Crippen molar-refractivity contribution >= 4 is 22.7 Å². The summed E-state index contributed by atoms with van der Waals surface area (Å²) in [6.45, 7) is 6.04. The van der Waals surface area contributed by atoms with Crippen LogP contribution in [-0.4, -0.2) is 55.2 Å². The molecule has 1 N–H and O–H groups in total. The third-order valence-corrected chi connectivity index (χ3v) is 5.58. The topological polar surface area (TPSA) is 75.0 Å². The van der Waals surface area contributed by atoms with Gasteiger partial charge in [-0.15, -0.1) is 0 Å². The maximum atomic E-state index is 12.1. The molecule has 2 unspecified atom stereocenters. The molecule has 0 saturated carbocycles. The SMILES string of the molecule is CCOC(=O)Nc1ccc2c(CN(C)C3CCN(C)C(C)C3)cc(=O)oc2c1. The van der Waals surface area contributed by atoms with Gasteiger partial charge in [-0.25, -0.2) is 9.59 Å². The van der Waals surface area contributed by atoms with Gasteiger partial charge in [-0.3, -0.25) is 10.2 Å². The maximum absolute atomic E-state index is 12.1. The number of hydrogen-bond acceptors (Lipinski definition) is 6. The number of piperidine rings is 1. The predicted octanol–water partition coefficient (Wildman–Crippen LogP) is 3.28. The minimum Gasteiger partial charge on any atom is -0.450 e. The molecule has 1 aromatic heterocycles. The molecule has 2 atom stereocenters. The van der Waals surface area contributed by atoms with E-state index in [-0.39, 0.29) is 5.63 Å². The summed E-state index contributed by atoms with van der Waals surface area (Å²) in [4.78, 5) is 28.4. The van der Waals surface area contributed by atoms with E-state index in [0.717, 1.165) is 30.3 Å². The lowest BCUT2D eigenvalue weighted by Crippen LogP contribution is -2.46. The van der Waals surface area contributed by atoms with Gasteiger partial charge in [0.05, 0.1) is 6.61 Å². The number of nitrogens with one attached hydrogen (secondary N) is 1. The molecule has 1 fully saturated rings. The number of amides is 1. The summed E-state index contributed by atoms with van der Waals surface area (Å²) in [5.41, 5.74) is 1.54. The molecule has 0 bridgehead atoms. The molecule has 1 saturated heterocycles. The van der Waals surface area contributed by atoms with Crippen molar-refractivity contribution in [3.8, 4) is 0 Å². The van der Waals surface area contributed by atoms with Gasteiger partial charge < -0.3 is 14.1 Å². The van der Waals surface area contributed by atoms with Gasteiger partial charge >= 0.3 is 11.7 Å². The maximum Gasteiger partial charge on any atom is 0.411 e. The molecule has 2 heterocycles. The summed E-state index contributed by atoms with van der Waals surface area (Å²) < 4.78 is 10.3. The third-order valence-electron chi connectivity index (χ3n) is 5.58. The van der Waals surface area contributed by atoms with Crippen LogP contribution in [0.2, 0.25) is 0 Å². The highest BCUT2D eigenvalue weighted by Crippen LogP contribution is 2.25. The Kier molecular flexibility index (Phi) is 6.36. The molecule has 3 rings (SSSR count). The lowest BCUT2D eigenvalue weighted by Gasteiger charge is -2.39. The second kappa shape index (κ2) is 8.75. The van der Waals surface area contributed by atoms with Crippen LogP contribution in [0.25, 0.3) is 11.0 Å². The fraction of sp³-hybridized carbons (Fsp3) is 0.524. The summed E-state index contributed by atoms with van der Waals surface area (Å²) in [6.07, 6.45) is 1.70. The minimum absolute atomic E-state index is 0.292. The number of likely N-dealkylation sites (tertiary alicyclic amines) is 1. The first-order valence-corrected chi connectivity index (χ1v) is 9.78. The first kappa shape index (κ1) is 20.4. The number of hydrogen-bond donors (Lipinski definition) is 1. The highest BCUT2D eigenvalue weighted by molar-refractivity contribution is 5.89. The molecule has 1 amide bonds. The number of benzene rings is 1. The van der Waals surface area contributed by atoms with Crippen molar-refractivity contribution in [2.75, 3.05) is 32.6 Å². The number of fused-ring (bicyclic) bond motifs is 1. The van der Waals surface area contributed by atoms with Crippen molar-refractivity contribution < 1.29 is 13.9 Å². The molecule has 1 aliphatic rings.